The van der Waals surface area contributed by atoms with Gasteiger partial charge in [0.15, 0.2) is 0 Å². The van der Waals surface area contributed by atoms with E-state index in [-0.39, 0.29) is 24.1 Å². The molecule has 9 heteroatoms. The fourth-order valence-electron chi connectivity index (χ4n) is 4.64. The minimum absolute atomic E-state index is 0.0240. The van der Waals surface area contributed by atoms with Gasteiger partial charge in [0.2, 0.25) is 0 Å². The van der Waals surface area contributed by atoms with Gasteiger partial charge in [-0.2, -0.15) is 13.2 Å². The molecule has 2 aromatic carbocycles. The molecule has 178 valence electrons. The average molecular weight is 463 g/mol. The summed E-state index contributed by atoms with van der Waals surface area (Å²) in [6.07, 6.45) is -3.74. The van der Waals surface area contributed by atoms with Crippen molar-refractivity contribution in [3.05, 3.63) is 65.2 Å². The Morgan fingerprint density at radius 3 is 2.61 bits per heavy atom. The van der Waals surface area contributed by atoms with Crippen LogP contribution in [0.5, 0.6) is 0 Å². The zero-order valence-corrected chi connectivity index (χ0v) is 18.4. The Morgan fingerprint density at radius 2 is 1.88 bits per heavy atom. The summed E-state index contributed by atoms with van der Waals surface area (Å²) in [6, 6.07) is 13.3. The molecule has 2 heterocycles. The zero-order chi connectivity index (χ0) is 23.4. The standard InChI is InChI=1S/C24H29F3N4O2/c1-28-11-12-29-23(32)30-14-17-8-9-18-21(15-5-3-2-4-6-15)31-20-10-7-16(24(25,26)27)13-19(20)22(18)33-17/h2-7,10,13,17-18,21-22,28,31H,8-9,11-12,14H2,1H3,(H2,29,30,32)/t17-,18+,21+,22+/m1/s1. The first-order chi connectivity index (χ1) is 15.9. The van der Waals surface area contributed by atoms with Crippen molar-refractivity contribution < 1.29 is 22.7 Å². The second-order valence-corrected chi connectivity index (χ2v) is 8.49. The number of urea groups is 1. The summed E-state index contributed by atoms with van der Waals surface area (Å²) in [7, 11) is 1.80. The number of likely N-dealkylation sites (N-methyl/N-ethyl adjacent to an activating group) is 1. The minimum atomic E-state index is -4.43. The van der Waals surface area contributed by atoms with Crippen molar-refractivity contribution in [2.24, 2.45) is 5.92 Å². The van der Waals surface area contributed by atoms with E-state index in [0.29, 0.717) is 37.3 Å². The van der Waals surface area contributed by atoms with Gasteiger partial charge in [-0.1, -0.05) is 30.3 Å². The van der Waals surface area contributed by atoms with Crippen LogP contribution in [0.15, 0.2) is 48.5 Å². The van der Waals surface area contributed by atoms with Crippen LogP contribution in [-0.4, -0.2) is 38.8 Å². The van der Waals surface area contributed by atoms with Crippen LogP contribution < -0.4 is 21.3 Å². The number of carbonyl (C=O) groups excluding carboxylic acids is 1. The molecule has 4 rings (SSSR count). The number of fused-ring (bicyclic) bond motifs is 3. The van der Waals surface area contributed by atoms with Gasteiger partial charge in [-0.3, -0.25) is 0 Å². The lowest BCUT2D eigenvalue weighted by molar-refractivity contribution is -0.138. The molecule has 2 aliphatic rings. The Morgan fingerprint density at radius 1 is 1.09 bits per heavy atom. The number of carbonyl (C=O) groups is 1. The van der Waals surface area contributed by atoms with Gasteiger partial charge in [-0.25, -0.2) is 4.79 Å². The predicted octanol–water partition coefficient (Wildman–Crippen LogP) is 4.23. The SMILES string of the molecule is CNCCNC(=O)NC[C@H]1CC[C@@H]2[C@H](O1)c1cc(C(F)(F)F)ccc1N[C@H]2c1ccccc1. The van der Waals surface area contributed by atoms with Gasteiger partial charge in [0.1, 0.15) is 0 Å². The van der Waals surface area contributed by atoms with Crippen LogP contribution >= 0.6 is 0 Å². The molecule has 0 unspecified atom stereocenters. The number of rotatable bonds is 6. The van der Waals surface area contributed by atoms with E-state index in [4.69, 9.17) is 4.74 Å². The summed E-state index contributed by atoms with van der Waals surface area (Å²) in [5, 5.41) is 12.0. The Hall–Kier alpha value is -2.78. The molecule has 6 nitrogen and oxygen atoms in total. The van der Waals surface area contributed by atoms with Gasteiger partial charge in [-0.05, 0) is 43.7 Å². The van der Waals surface area contributed by atoms with Crippen molar-refractivity contribution >= 4 is 11.7 Å². The van der Waals surface area contributed by atoms with E-state index in [0.717, 1.165) is 18.1 Å². The molecule has 2 aliphatic heterocycles. The van der Waals surface area contributed by atoms with E-state index in [9.17, 15) is 18.0 Å². The van der Waals surface area contributed by atoms with Crippen LogP contribution in [-0.2, 0) is 10.9 Å². The van der Waals surface area contributed by atoms with E-state index in [2.05, 4.69) is 21.3 Å². The highest BCUT2D eigenvalue weighted by molar-refractivity contribution is 5.73. The molecular formula is C24H29F3N4O2. The van der Waals surface area contributed by atoms with E-state index in [1.165, 1.54) is 12.1 Å². The molecule has 0 spiro atoms. The van der Waals surface area contributed by atoms with Crippen LogP contribution in [0.4, 0.5) is 23.7 Å². The molecular weight excluding hydrogens is 433 g/mol. The maximum Gasteiger partial charge on any atom is 0.416 e. The largest absolute Gasteiger partial charge is 0.416 e. The maximum absolute atomic E-state index is 13.4. The third-order valence-electron chi connectivity index (χ3n) is 6.28. The molecule has 0 saturated carbocycles. The minimum Gasteiger partial charge on any atom is -0.378 e. The monoisotopic (exact) mass is 462 g/mol. The normalized spacial score (nSPS) is 24.2. The zero-order valence-electron chi connectivity index (χ0n) is 18.4. The average Bonchev–Trinajstić information content (AvgIpc) is 2.82. The number of nitrogens with one attached hydrogen (secondary N) is 4. The van der Waals surface area contributed by atoms with E-state index in [1.807, 2.05) is 30.3 Å². The second kappa shape index (κ2) is 10.0. The fourth-order valence-corrected chi connectivity index (χ4v) is 4.64. The van der Waals surface area contributed by atoms with Gasteiger partial charge in [0, 0.05) is 36.8 Å². The quantitative estimate of drug-likeness (QED) is 0.485. The maximum atomic E-state index is 13.4. The van der Waals surface area contributed by atoms with Gasteiger partial charge in [0.05, 0.1) is 23.8 Å². The van der Waals surface area contributed by atoms with Crippen molar-refractivity contribution in [2.45, 2.75) is 37.3 Å². The first kappa shape index (κ1) is 23.4. The predicted molar refractivity (Wildman–Crippen MR) is 120 cm³/mol. The number of hydrogen-bond acceptors (Lipinski definition) is 4. The lowest BCUT2D eigenvalue weighted by atomic mass is 9.76. The summed E-state index contributed by atoms with van der Waals surface area (Å²) in [4.78, 5) is 12.0. The lowest BCUT2D eigenvalue weighted by Gasteiger charge is -2.46. The second-order valence-electron chi connectivity index (χ2n) is 8.49. The number of anilines is 1. The summed E-state index contributed by atoms with van der Waals surface area (Å²) in [5.41, 5.74) is 1.55. The molecule has 33 heavy (non-hydrogen) atoms. The Kier molecular flexibility index (Phi) is 7.09. The van der Waals surface area contributed by atoms with Gasteiger partial charge in [0.25, 0.3) is 0 Å². The number of amides is 2. The lowest BCUT2D eigenvalue weighted by Crippen LogP contribution is -2.45. The van der Waals surface area contributed by atoms with Gasteiger partial charge < -0.3 is 26.0 Å². The van der Waals surface area contributed by atoms with E-state index in [1.54, 1.807) is 7.05 Å². The third kappa shape index (κ3) is 5.42. The fraction of sp³-hybridized carbons (Fsp3) is 0.458. The summed E-state index contributed by atoms with van der Waals surface area (Å²) < 4.78 is 46.6. The van der Waals surface area contributed by atoms with Crippen molar-refractivity contribution in [1.82, 2.24) is 16.0 Å². The number of hydrogen-bond donors (Lipinski definition) is 4. The molecule has 4 N–H and O–H groups in total. The van der Waals surface area contributed by atoms with Gasteiger partial charge >= 0.3 is 12.2 Å². The topological polar surface area (TPSA) is 74.4 Å². The summed E-state index contributed by atoms with van der Waals surface area (Å²) in [6.45, 7) is 1.45. The highest BCUT2D eigenvalue weighted by Gasteiger charge is 2.43. The molecule has 0 aromatic heterocycles. The molecule has 0 bridgehead atoms. The van der Waals surface area contributed by atoms with Crippen LogP contribution in [0.25, 0.3) is 0 Å². The van der Waals surface area contributed by atoms with Crippen molar-refractivity contribution in [1.29, 1.82) is 0 Å². The molecule has 4 atom stereocenters. The Balaban J connectivity index is 1.55. The summed E-state index contributed by atoms with van der Waals surface area (Å²) in [5.74, 6) is -0.0240. The van der Waals surface area contributed by atoms with E-state index < -0.39 is 17.8 Å². The number of benzene rings is 2. The molecule has 0 aliphatic carbocycles. The molecule has 2 amide bonds. The Bertz CT molecular complexity index is 954. The number of halogens is 3. The highest BCUT2D eigenvalue weighted by Crippen LogP contribution is 2.51. The molecule has 0 radical (unpaired) electrons. The van der Waals surface area contributed by atoms with Crippen LogP contribution in [0.3, 0.4) is 0 Å². The molecule has 2 aromatic rings. The Labute approximate surface area is 191 Å². The molecule has 1 fully saturated rings. The van der Waals surface area contributed by atoms with Gasteiger partial charge in [-0.15, -0.1) is 0 Å². The van der Waals surface area contributed by atoms with Crippen LogP contribution in [0, 0.1) is 5.92 Å². The number of ether oxygens (including phenoxy) is 1. The third-order valence-corrected chi connectivity index (χ3v) is 6.28. The smallest absolute Gasteiger partial charge is 0.378 e. The first-order valence-electron chi connectivity index (χ1n) is 11.2. The summed E-state index contributed by atoms with van der Waals surface area (Å²) >= 11 is 0. The van der Waals surface area contributed by atoms with Crippen LogP contribution in [0.2, 0.25) is 0 Å². The van der Waals surface area contributed by atoms with E-state index >= 15 is 0 Å². The van der Waals surface area contributed by atoms with Crippen molar-refractivity contribution in [3.8, 4) is 0 Å². The van der Waals surface area contributed by atoms with Crippen molar-refractivity contribution in [3.63, 3.8) is 0 Å². The van der Waals surface area contributed by atoms with Crippen LogP contribution in [0.1, 0.15) is 41.7 Å². The number of alkyl halides is 3. The molecule has 1 saturated heterocycles. The van der Waals surface area contributed by atoms with Crippen molar-refractivity contribution in [2.75, 3.05) is 32.0 Å². The first-order valence-corrected chi connectivity index (χ1v) is 11.2. The highest BCUT2D eigenvalue weighted by atomic mass is 19.4.